The monoisotopic (exact) mass is 372 g/mol. The van der Waals surface area contributed by atoms with Gasteiger partial charge in [-0.2, -0.15) is 5.26 Å². The second-order valence-corrected chi connectivity index (χ2v) is 6.02. The zero-order chi connectivity index (χ0) is 16.7. The molecule has 2 aromatic carbocycles. The van der Waals surface area contributed by atoms with E-state index in [2.05, 4.69) is 27.3 Å². The molecule has 4 nitrogen and oxygen atoms in total. The van der Waals surface area contributed by atoms with Crippen molar-refractivity contribution in [2.75, 3.05) is 6.61 Å². The van der Waals surface area contributed by atoms with E-state index in [4.69, 9.17) is 10.00 Å². The molecule has 0 radical (unpaired) electrons. The average Bonchev–Trinajstić information content (AvgIpc) is 2.55. The van der Waals surface area contributed by atoms with Crippen molar-refractivity contribution >= 4 is 21.8 Å². The van der Waals surface area contributed by atoms with Gasteiger partial charge >= 0.3 is 0 Å². The number of benzene rings is 2. The van der Waals surface area contributed by atoms with Gasteiger partial charge in [0, 0.05) is 4.47 Å². The molecule has 0 fully saturated rings. The van der Waals surface area contributed by atoms with Gasteiger partial charge in [0.25, 0.3) is 5.91 Å². The van der Waals surface area contributed by atoms with Gasteiger partial charge in [0.05, 0.1) is 18.5 Å². The molecule has 0 heterocycles. The van der Waals surface area contributed by atoms with Crippen LogP contribution in [0, 0.1) is 11.3 Å². The van der Waals surface area contributed by atoms with Crippen LogP contribution in [0.2, 0.25) is 0 Å². The van der Waals surface area contributed by atoms with Crippen LogP contribution >= 0.6 is 15.9 Å². The van der Waals surface area contributed by atoms with Crippen LogP contribution in [0.25, 0.3) is 0 Å². The Hall–Kier alpha value is -2.32. The van der Waals surface area contributed by atoms with Crippen LogP contribution in [-0.4, -0.2) is 12.5 Å². The van der Waals surface area contributed by atoms with Crippen molar-refractivity contribution in [1.82, 2.24) is 5.32 Å². The Morgan fingerprint density at radius 3 is 2.48 bits per heavy atom. The van der Waals surface area contributed by atoms with Crippen LogP contribution in [0.1, 0.15) is 24.1 Å². The summed E-state index contributed by atoms with van der Waals surface area (Å²) in [5.74, 6) is 0.430. The molecule has 0 aliphatic carbocycles. The second kappa shape index (κ2) is 8.35. The van der Waals surface area contributed by atoms with Crippen molar-refractivity contribution in [3.8, 4) is 11.8 Å². The number of rotatable bonds is 6. The van der Waals surface area contributed by atoms with Crippen LogP contribution in [0.15, 0.2) is 53.0 Å². The molecule has 0 spiro atoms. The number of ether oxygens (including phenoxy) is 1. The number of carbonyl (C=O) groups excluding carboxylic acids is 1. The summed E-state index contributed by atoms with van der Waals surface area (Å²) in [4.78, 5) is 11.9. The van der Waals surface area contributed by atoms with Gasteiger partial charge in [0.2, 0.25) is 0 Å². The minimum absolute atomic E-state index is 0.0432. The lowest BCUT2D eigenvalue weighted by Crippen LogP contribution is -2.31. The number of amides is 1. The molecule has 2 rings (SSSR count). The van der Waals surface area contributed by atoms with Gasteiger partial charge in [-0.05, 0) is 42.3 Å². The van der Waals surface area contributed by atoms with Crippen LogP contribution < -0.4 is 10.1 Å². The smallest absolute Gasteiger partial charge is 0.258 e. The number of nitrogens with zero attached hydrogens (tertiary/aromatic N) is 1. The van der Waals surface area contributed by atoms with Crippen molar-refractivity contribution < 1.29 is 9.53 Å². The summed E-state index contributed by atoms with van der Waals surface area (Å²) in [5.41, 5.74) is 1.95. The molecule has 5 heteroatoms. The SMILES string of the molecule is CC(NC(=O)COc1ccc(CC#N)cc1)c1ccc(Br)cc1. The number of nitrogens with one attached hydrogen (secondary N) is 1. The first kappa shape index (κ1) is 17.0. The summed E-state index contributed by atoms with van der Waals surface area (Å²) < 4.78 is 6.46. The van der Waals surface area contributed by atoms with E-state index in [-0.39, 0.29) is 18.6 Å². The van der Waals surface area contributed by atoms with E-state index in [1.165, 1.54) is 0 Å². The second-order valence-electron chi connectivity index (χ2n) is 5.11. The third-order valence-electron chi connectivity index (χ3n) is 3.32. The Morgan fingerprint density at radius 1 is 1.22 bits per heavy atom. The fourth-order valence-electron chi connectivity index (χ4n) is 2.06. The lowest BCUT2D eigenvalue weighted by Gasteiger charge is -2.15. The topological polar surface area (TPSA) is 62.1 Å². The van der Waals surface area contributed by atoms with E-state index in [9.17, 15) is 4.79 Å². The summed E-state index contributed by atoms with van der Waals surface area (Å²) >= 11 is 3.39. The summed E-state index contributed by atoms with van der Waals surface area (Å²) in [7, 11) is 0. The summed E-state index contributed by atoms with van der Waals surface area (Å²) in [5, 5.41) is 11.5. The highest BCUT2D eigenvalue weighted by Gasteiger charge is 2.10. The molecule has 0 aromatic heterocycles. The maximum Gasteiger partial charge on any atom is 0.258 e. The highest BCUT2D eigenvalue weighted by atomic mass is 79.9. The Labute approximate surface area is 144 Å². The summed E-state index contributed by atoms with van der Waals surface area (Å²) in [6.45, 7) is 1.89. The molecule has 1 unspecified atom stereocenters. The van der Waals surface area contributed by atoms with E-state index < -0.39 is 0 Å². The average molecular weight is 373 g/mol. The summed E-state index contributed by atoms with van der Waals surface area (Å²) in [6, 6.07) is 17.0. The van der Waals surface area contributed by atoms with Crippen molar-refractivity contribution in [2.24, 2.45) is 0 Å². The first-order chi connectivity index (χ1) is 11.1. The number of hydrogen-bond acceptors (Lipinski definition) is 3. The fourth-order valence-corrected chi connectivity index (χ4v) is 2.33. The largest absolute Gasteiger partial charge is 0.484 e. The molecule has 2 aromatic rings. The van der Waals surface area contributed by atoms with E-state index in [0.717, 1.165) is 15.6 Å². The van der Waals surface area contributed by atoms with Crippen molar-refractivity contribution in [2.45, 2.75) is 19.4 Å². The third kappa shape index (κ3) is 5.42. The van der Waals surface area contributed by atoms with Crippen LogP contribution in [0.4, 0.5) is 0 Å². The molecule has 23 heavy (non-hydrogen) atoms. The standard InChI is InChI=1S/C18H17BrN2O2/c1-13(15-4-6-16(19)7-5-15)21-18(22)12-23-17-8-2-14(3-9-17)10-11-20/h2-9,13H,10,12H2,1H3,(H,21,22). The molecular weight excluding hydrogens is 356 g/mol. The fraction of sp³-hybridized carbons (Fsp3) is 0.222. The predicted octanol–water partition coefficient (Wildman–Crippen LogP) is 3.77. The molecule has 0 aliphatic heterocycles. The molecule has 118 valence electrons. The highest BCUT2D eigenvalue weighted by Crippen LogP contribution is 2.16. The van der Waals surface area contributed by atoms with E-state index in [0.29, 0.717) is 12.2 Å². The van der Waals surface area contributed by atoms with E-state index >= 15 is 0 Å². The summed E-state index contributed by atoms with van der Waals surface area (Å²) in [6.07, 6.45) is 0.367. The Kier molecular flexibility index (Phi) is 6.19. The Balaban J connectivity index is 1.82. The lowest BCUT2D eigenvalue weighted by molar-refractivity contribution is -0.123. The van der Waals surface area contributed by atoms with Crippen LogP contribution in [-0.2, 0) is 11.2 Å². The highest BCUT2D eigenvalue weighted by molar-refractivity contribution is 9.10. The third-order valence-corrected chi connectivity index (χ3v) is 3.85. The van der Waals surface area contributed by atoms with E-state index in [1.54, 1.807) is 12.1 Å². The van der Waals surface area contributed by atoms with Crippen molar-refractivity contribution in [1.29, 1.82) is 5.26 Å². The quantitative estimate of drug-likeness (QED) is 0.839. The number of halogens is 1. The number of hydrogen-bond donors (Lipinski definition) is 1. The van der Waals surface area contributed by atoms with Crippen molar-refractivity contribution in [3.05, 3.63) is 64.1 Å². The van der Waals surface area contributed by atoms with E-state index in [1.807, 2.05) is 43.3 Å². The normalized spacial score (nSPS) is 11.3. The van der Waals surface area contributed by atoms with Crippen LogP contribution in [0.5, 0.6) is 5.75 Å². The maximum absolute atomic E-state index is 11.9. The van der Waals surface area contributed by atoms with Gasteiger partial charge in [0.1, 0.15) is 5.75 Å². The molecule has 0 saturated carbocycles. The van der Waals surface area contributed by atoms with Gasteiger partial charge in [-0.3, -0.25) is 4.79 Å². The van der Waals surface area contributed by atoms with Crippen LogP contribution in [0.3, 0.4) is 0 Å². The first-order valence-corrected chi connectivity index (χ1v) is 8.01. The van der Waals surface area contributed by atoms with Gasteiger partial charge in [-0.25, -0.2) is 0 Å². The number of carbonyl (C=O) groups is 1. The number of nitriles is 1. The van der Waals surface area contributed by atoms with Gasteiger partial charge in [-0.15, -0.1) is 0 Å². The molecular formula is C18H17BrN2O2. The Bertz CT molecular complexity index is 690. The zero-order valence-electron chi connectivity index (χ0n) is 12.8. The lowest BCUT2D eigenvalue weighted by atomic mass is 10.1. The minimum atomic E-state index is -0.179. The molecule has 1 N–H and O–H groups in total. The molecule has 0 bridgehead atoms. The Morgan fingerprint density at radius 2 is 1.87 bits per heavy atom. The molecule has 1 amide bonds. The van der Waals surface area contributed by atoms with Gasteiger partial charge in [-0.1, -0.05) is 40.2 Å². The van der Waals surface area contributed by atoms with Gasteiger partial charge < -0.3 is 10.1 Å². The van der Waals surface area contributed by atoms with Gasteiger partial charge in [0.15, 0.2) is 6.61 Å². The minimum Gasteiger partial charge on any atom is -0.484 e. The van der Waals surface area contributed by atoms with Crippen molar-refractivity contribution in [3.63, 3.8) is 0 Å². The molecule has 0 saturated heterocycles. The first-order valence-electron chi connectivity index (χ1n) is 7.22. The molecule has 0 aliphatic rings. The molecule has 1 atom stereocenters. The maximum atomic E-state index is 11.9. The predicted molar refractivity (Wildman–Crippen MR) is 92.0 cm³/mol. The zero-order valence-corrected chi connectivity index (χ0v) is 14.3.